The molecule has 0 aliphatic carbocycles. The fourth-order valence-electron chi connectivity index (χ4n) is 3.85. The van der Waals surface area contributed by atoms with Gasteiger partial charge < -0.3 is 9.94 Å². The third kappa shape index (κ3) is 6.47. The molecule has 1 fully saturated rings. The molecule has 0 amide bonds. The van der Waals surface area contributed by atoms with Gasteiger partial charge in [-0.25, -0.2) is 0 Å². The van der Waals surface area contributed by atoms with Crippen molar-refractivity contribution in [2.45, 2.75) is 38.5 Å². The van der Waals surface area contributed by atoms with Gasteiger partial charge in [-0.2, -0.15) is 0 Å². The molecule has 0 atom stereocenters. The monoisotopic (exact) mass is 380 g/mol. The Kier molecular flexibility index (Phi) is 8.54. The van der Waals surface area contributed by atoms with Gasteiger partial charge in [-0.1, -0.05) is 59.8 Å². The lowest BCUT2D eigenvalue weighted by Crippen LogP contribution is -2.36. The van der Waals surface area contributed by atoms with E-state index in [0.29, 0.717) is 0 Å². The number of morpholine rings is 1. The first kappa shape index (κ1) is 20.6. The standard InChI is InChI=1S/C24H32N2O2/c27-25-24(23-12-2-1-3-13-23)15-7-6-11-21-9-4-5-10-22(21)14-8-16-26-17-19-28-20-18-26/h1-5,9-10,12-13,27H,6-8,11,14-20H2. The minimum Gasteiger partial charge on any atom is -0.411 e. The largest absolute Gasteiger partial charge is 0.411 e. The van der Waals surface area contributed by atoms with E-state index in [1.165, 1.54) is 17.5 Å². The summed E-state index contributed by atoms with van der Waals surface area (Å²) in [7, 11) is 0. The third-order valence-electron chi connectivity index (χ3n) is 5.48. The number of ether oxygens (including phenoxy) is 1. The molecule has 0 bridgehead atoms. The van der Waals surface area contributed by atoms with E-state index in [1.807, 2.05) is 30.3 Å². The van der Waals surface area contributed by atoms with Crippen molar-refractivity contribution in [1.29, 1.82) is 0 Å². The van der Waals surface area contributed by atoms with E-state index >= 15 is 0 Å². The van der Waals surface area contributed by atoms with Crippen LogP contribution in [0.3, 0.4) is 0 Å². The number of aryl methyl sites for hydroxylation is 2. The SMILES string of the molecule is ON=C(CCCCc1ccccc1CCCN1CCOCC1)c1ccccc1. The Labute approximate surface area is 168 Å². The molecule has 0 aromatic heterocycles. The summed E-state index contributed by atoms with van der Waals surface area (Å²) in [6.07, 6.45) is 6.36. The summed E-state index contributed by atoms with van der Waals surface area (Å²) in [6.45, 7) is 5.04. The molecule has 2 aromatic carbocycles. The zero-order valence-electron chi connectivity index (χ0n) is 16.7. The van der Waals surface area contributed by atoms with Gasteiger partial charge in [-0.3, -0.25) is 4.90 Å². The molecule has 2 aromatic rings. The van der Waals surface area contributed by atoms with E-state index < -0.39 is 0 Å². The predicted molar refractivity (Wildman–Crippen MR) is 114 cm³/mol. The highest BCUT2D eigenvalue weighted by Crippen LogP contribution is 2.16. The average Bonchev–Trinajstić information content (AvgIpc) is 2.76. The molecule has 1 aliphatic rings. The molecule has 0 unspecified atom stereocenters. The van der Waals surface area contributed by atoms with Gasteiger partial charge in [0, 0.05) is 13.1 Å². The van der Waals surface area contributed by atoms with Gasteiger partial charge in [0.05, 0.1) is 18.9 Å². The van der Waals surface area contributed by atoms with Crippen LogP contribution >= 0.6 is 0 Å². The minimum absolute atomic E-state index is 0.777. The van der Waals surface area contributed by atoms with Crippen molar-refractivity contribution in [1.82, 2.24) is 4.90 Å². The third-order valence-corrected chi connectivity index (χ3v) is 5.48. The fourth-order valence-corrected chi connectivity index (χ4v) is 3.85. The maximum Gasteiger partial charge on any atom is 0.0867 e. The van der Waals surface area contributed by atoms with Crippen LogP contribution in [0.2, 0.25) is 0 Å². The summed E-state index contributed by atoms with van der Waals surface area (Å²) >= 11 is 0. The molecule has 0 saturated carbocycles. The van der Waals surface area contributed by atoms with Crippen molar-refractivity contribution in [3.8, 4) is 0 Å². The molecular formula is C24H32N2O2. The maximum atomic E-state index is 9.32. The van der Waals surface area contributed by atoms with Crippen LogP contribution in [0.15, 0.2) is 59.8 Å². The summed E-state index contributed by atoms with van der Waals surface area (Å²) in [5.41, 5.74) is 4.73. The molecular weight excluding hydrogens is 348 g/mol. The minimum atomic E-state index is 0.777. The highest BCUT2D eigenvalue weighted by Gasteiger charge is 2.10. The normalized spacial score (nSPS) is 15.6. The molecule has 1 N–H and O–H groups in total. The molecule has 3 rings (SSSR count). The van der Waals surface area contributed by atoms with Crippen molar-refractivity contribution in [2.75, 3.05) is 32.8 Å². The van der Waals surface area contributed by atoms with Gasteiger partial charge in [0.1, 0.15) is 0 Å². The van der Waals surface area contributed by atoms with Gasteiger partial charge >= 0.3 is 0 Å². The Bertz CT molecular complexity index is 724. The first-order chi connectivity index (χ1) is 13.9. The summed E-state index contributed by atoms with van der Waals surface area (Å²) in [5.74, 6) is 0. The number of unbranched alkanes of at least 4 members (excludes halogenated alkanes) is 1. The van der Waals surface area contributed by atoms with Crippen LogP contribution in [-0.4, -0.2) is 48.7 Å². The Morgan fingerprint density at radius 2 is 1.50 bits per heavy atom. The van der Waals surface area contributed by atoms with Crippen molar-refractivity contribution in [3.05, 3.63) is 71.3 Å². The lowest BCUT2D eigenvalue weighted by atomic mass is 9.97. The van der Waals surface area contributed by atoms with E-state index in [-0.39, 0.29) is 0 Å². The molecule has 0 spiro atoms. The van der Waals surface area contributed by atoms with E-state index in [2.05, 4.69) is 34.3 Å². The van der Waals surface area contributed by atoms with E-state index in [1.54, 1.807) is 0 Å². The highest BCUT2D eigenvalue weighted by molar-refractivity contribution is 6.00. The zero-order valence-corrected chi connectivity index (χ0v) is 16.7. The molecule has 4 heteroatoms. The van der Waals surface area contributed by atoms with E-state index in [4.69, 9.17) is 4.74 Å². The van der Waals surface area contributed by atoms with E-state index in [0.717, 1.165) is 76.2 Å². The number of benzene rings is 2. The second-order valence-corrected chi connectivity index (χ2v) is 7.45. The second kappa shape index (κ2) is 11.6. The van der Waals surface area contributed by atoms with Crippen LogP contribution < -0.4 is 0 Å². The molecule has 4 nitrogen and oxygen atoms in total. The van der Waals surface area contributed by atoms with Crippen molar-refractivity contribution in [2.24, 2.45) is 5.16 Å². The fraction of sp³-hybridized carbons (Fsp3) is 0.458. The van der Waals surface area contributed by atoms with E-state index in [9.17, 15) is 5.21 Å². The predicted octanol–water partition coefficient (Wildman–Crippen LogP) is 4.54. The van der Waals surface area contributed by atoms with Gasteiger partial charge in [-0.05, 0) is 61.8 Å². The number of nitrogens with zero attached hydrogens (tertiary/aromatic N) is 2. The van der Waals surface area contributed by atoms with Gasteiger partial charge in [0.2, 0.25) is 0 Å². The molecule has 0 radical (unpaired) electrons. The van der Waals surface area contributed by atoms with Gasteiger partial charge in [0.15, 0.2) is 0 Å². The number of hydrogen-bond acceptors (Lipinski definition) is 4. The number of hydrogen-bond donors (Lipinski definition) is 1. The molecule has 28 heavy (non-hydrogen) atoms. The maximum absolute atomic E-state index is 9.32. The summed E-state index contributed by atoms with van der Waals surface area (Å²) in [6, 6.07) is 18.8. The van der Waals surface area contributed by atoms with Crippen LogP contribution in [0.5, 0.6) is 0 Å². The topological polar surface area (TPSA) is 45.1 Å². The number of oxime groups is 1. The average molecular weight is 381 g/mol. The van der Waals surface area contributed by atoms with Crippen LogP contribution in [0, 0.1) is 0 Å². The van der Waals surface area contributed by atoms with Crippen LogP contribution in [0.4, 0.5) is 0 Å². The summed E-state index contributed by atoms with van der Waals surface area (Å²) in [5, 5.41) is 12.8. The molecule has 1 saturated heterocycles. The molecule has 1 heterocycles. The second-order valence-electron chi connectivity index (χ2n) is 7.45. The Morgan fingerprint density at radius 3 is 2.18 bits per heavy atom. The smallest absolute Gasteiger partial charge is 0.0867 e. The first-order valence-electron chi connectivity index (χ1n) is 10.5. The van der Waals surface area contributed by atoms with Gasteiger partial charge in [0.25, 0.3) is 0 Å². The quantitative estimate of drug-likeness (QED) is 0.285. The van der Waals surface area contributed by atoms with Crippen molar-refractivity contribution >= 4 is 5.71 Å². The summed E-state index contributed by atoms with van der Waals surface area (Å²) in [4.78, 5) is 2.51. The van der Waals surface area contributed by atoms with Crippen LogP contribution in [0.1, 0.15) is 42.4 Å². The molecule has 150 valence electrons. The lowest BCUT2D eigenvalue weighted by molar-refractivity contribution is 0.0374. The summed E-state index contributed by atoms with van der Waals surface area (Å²) < 4.78 is 5.43. The Hall–Kier alpha value is -2.17. The highest BCUT2D eigenvalue weighted by atomic mass is 16.5. The number of rotatable bonds is 10. The van der Waals surface area contributed by atoms with Crippen LogP contribution in [-0.2, 0) is 17.6 Å². The van der Waals surface area contributed by atoms with Crippen LogP contribution in [0.25, 0.3) is 0 Å². The lowest BCUT2D eigenvalue weighted by Gasteiger charge is -2.26. The Balaban J connectivity index is 1.43. The van der Waals surface area contributed by atoms with Gasteiger partial charge in [-0.15, -0.1) is 0 Å². The van der Waals surface area contributed by atoms with Crippen molar-refractivity contribution in [3.63, 3.8) is 0 Å². The van der Waals surface area contributed by atoms with Crippen molar-refractivity contribution < 1.29 is 9.94 Å². The Morgan fingerprint density at radius 1 is 0.857 bits per heavy atom. The zero-order chi connectivity index (χ0) is 19.4. The first-order valence-corrected chi connectivity index (χ1v) is 10.5. The molecule has 1 aliphatic heterocycles.